The number of anilines is 4. The van der Waals surface area contributed by atoms with E-state index in [1.165, 1.54) is 6.08 Å². The lowest BCUT2D eigenvalue weighted by atomic mass is 10.1. The average Bonchev–Trinajstić information content (AvgIpc) is 3.33. The van der Waals surface area contributed by atoms with Crippen LogP contribution in [0.1, 0.15) is 0 Å². The zero-order valence-electron chi connectivity index (χ0n) is 22.6. The Kier molecular flexibility index (Phi) is 8.44. The highest BCUT2D eigenvalue weighted by atomic mass is 35.5. The molecular weight excluding hydrogens is 532 g/mol. The number of likely N-dealkylation sites (N-methyl/N-ethyl adjacent to an activating group) is 1. The lowest BCUT2D eigenvalue weighted by Gasteiger charge is -2.30. The van der Waals surface area contributed by atoms with E-state index < -0.39 is 0 Å². The van der Waals surface area contributed by atoms with Gasteiger partial charge in [-0.05, 0) is 44.4 Å². The summed E-state index contributed by atoms with van der Waals surface area (Å²) in [6.07, 6.45) is 3.32. The lowest BCUT2D eigenvalue weighted by molar-refractivity contribution is -0.111. The van der Waals surface area contributed by atoms with E-state index >= 15 is 0 Å². The number of carbonyl (C=O) groups is 1. The second kappa shape index (κ2) is 12.3. The van der Waals surface area contributed by atoms with E-state index in [2.05, 4.69) is 30.7 Å². The third-order valence-electron chi connectivity index (χ3n) is 6.31. The molecule has 208 valence electrons. The molecule has 1 aliphatic heterocycles. The predicted octanol–water partition coefficient (Wildman–Crippen LogP) is 4.32. The molecule has 11 nitrogen and oxygen atoms in total. The maximum Gasteiger partial charge on any atom is 0.248 e. The van der Waals surface area contributed by atoms with Crippen molar-refractivity contribution in [2.24, 2.45) is 0 Å². The van der Waals surface area contributed by atoms with Crippen molar-refractivity contribution in [3.05, 3.63) is 59.8 Å². The van der Waals surface area contributed by atoms with Gasteiger partial charge in [-0.2, -0.15) is 10.1 Å². The Bertz CT molecular complexity index is 1530. The van der Waals surface area contributed by atoms with Gasteiger partial charge < -0.3 is 29.9 Å². The molecule has 1 amide bonds. The summed E-state index contributed by atoms with van der Waals surface area (Å²) < 4.78 is 11.1. The number of rotatable bonds is 9. The number of methoxy groups -OCH3 is 1. The first-order valence-electron chi connectivity index (χ1n) is 12.8. The van der Waals surface area contributed by atoms with Gasteiger partial charge in [-0.25, -0.2) is 4.98 Å². The summed E-state index contributed by atoms with van der Waals surface area (Å²) >= 11 is 6.43. The van der Waals surface area contributed by atoms with Crippen molar-refractivity contribution >= 4 is 51.6 Å². The van der Waals surface area contributed by atoms with Crippen LogP contribution in [0.15, 0.2) is 54.6 Å². The molecule has 3 N–H and O–H groups in total. The molecule has 40 heavy (non-hydrogen) atoms. The number of nitrogens with one attached hydrogen (secondary N) is 3. The summed E-state index contributed by atoms with van der Waals surface area (Å²) in [5, 5.41) is 14.1. The van der Waals surface area contributed by atoms with E-state index in [1.807, 2.05) is 61.5 Å². The molecule has 1 aliphatic rings. The summed E-state index contributed by atoms with van der Waals surface area (Å²) in [6, 6.07) is 13.3. The van der Waals surface area contributed by atoms with Gasteiger partial charge in [0.05, 0.1) is 37.1 Å². The molecule has 2 aromatic heterocycles. The summed E-state index contributed by atoms with van der Waals surface area (Å²) in [6.45, 7) is 3.55. The van der Waals surface area contributed by atoms with E-state index in [0.717, 1.165) is 35.8 Å². The second-order valence-corrected chi connectivity index (χ2v) is 9.84. The van der Waals surface area contributed by atoms with Crippen LogP contribution in [0.25, 0.3) is 22.3 Å². The van der Waals surface area contributed by atoms with Crippen LogP contribution in [0.4, 0.5) is 23.0 Å². The molecule has 2 aromatic carbocycles. The number of ether oxygens (including phenoxy) is 2. The summed E-state index contributed by atoms with van der Waals surface area (Å²) in [7, 11) is 5.54. The Hall–Kier alpha value is -4.19. The molecule has 0 aliphatic carbocycles. The lowest BCUT2D eigenvalue weighted by Crippen LogP contribution is -2.36. The zero-order valence-corrected chi connectivity index (χ0v) is 23.3. The van der Waals surface area contributed by atoms with Gasteiger partial charge in [0.15, 0.2) is 10.8 Å². The minimum atomic E-state index is -0.217. The summed E-state index contributed by atoms with van der Waals surface area (Å²) in [5.41, 5.74) is 4.20. The third kappa shape index (κ3) is 6.33. The standard InChI is InChI=1S/C28H31ClN8O3/c1-36(2)11-5-8-23(38)30-19-7-4-6-18(16-19)25-24-26(29)34-35-27(24)33-28(32-25)31-20-9-10-22(39-3)21(17-20)37-12-14-40-15-13-37/h4-10,16-17H,11-15H2,1-3H3,(H,30,38)(H2,31,32,33,34,35)/b8-5+. The Balaban J connectivity index is 1.45. The molecule has 0 saturated carbocycles. The minimum absolute atomic E-state index is 0.217. The summed E-state index contributed by atoms with van der Waals surface area (Å²) in [4.78, 5) is 26.0. The Morgan fingerprint density at radius 3 is 2.77 bits per heavy atom. The number of nitrogens with zero attached hydrogens (tertiary/aromatic N) is 5. The zero-order chi connectivity index (χ0) is 28.1. The van der Waals surface area contributed by atoms with Crippen LogP contribution < -0.4 is 20.3 Å². The van der Waals surface area contributed by atoms with Crippen molar-refractivity contribution in [2.45, 2.75) is 0 Å². The SMILES string of the molecule is COc1ccc(Nc2nc(-c3cccc(NC(=O)/C=C/CN(C)C)c3)c3c(Cl)n[nH]c3n2)cc1N1CCOCC1. The van der Waals surface area contributed by atoms with Gasteiger partial charge in [-0.1, -0.05) is 29.8 Å². The highest BCUT2D eigenvalue weighted by Crippen LogP contribution is 2.35. The first-order chi connectivity index (χ1) is 19.4. The van der Waals surface area contributed by atoms with Gasteiger partial charge >= 0.3 is 0 Å². The number of fused-ring (bicyclic) bond motifs is 1. The normalized spacial score (nSPS) is 13.8. The number of morpholine rings is 1. The van der Waals surface area contributed by atoms with Crippen molar-refractivity contribution in [1.82, 2.24) is 25.1 Å². The maximum atomic E-state index is 12.4. The Morgan fingerprint density at radius 1 is 1.18 bits per heavy atom. The van der Waals surface area contributed by atoms with E-state index in [0.29, 0.717) is 48.1 Å². The first kappa shape index (κ1) is 27.4. The van der Waals surface area contributed by atoms with Crippen LogP contribution in [0.5, 0.6) is 5.75 Å². The third-order valence-corrected chi connectivity index (χ3v) is 6.58. The topological polar surface area (TPSA) is 121 Å². The highest BCUT2D eigenvalue weighted by molar-refractivity contribution is 6.35. The molecule has 0 bridgehead atoms. The van der Waals surface area contributed by atoms with Gasteiger partial charge in [0.2, 0.25) is 11.9 Å². The number of aromatic amines is 1. The average molecular weight is 563 g/mol. The van der Waals surface area contributed by atoms with Crippen LogP contribution in [0.2, 0.25) is 5.15 Å². The number of hydrogen-bond donors (Lipinski definition) is 3. The van der Waals surface area contributed by atoms with E-state index in [4.69, 9.17) is 26.1 Å². The van der Waals surface area contributed by atoms with Crippen molar-refractivity contribution in [3.63, 3.8) is 0 Å². The van der Waals surface area contributed by atoms with Crippen molar-refractivity contribution in [1.29, 1.82) is 0 Å². The molecule has 12 heteroatoms. The van der Waals surface area contributed by atoms with Crippen LogP contribution in [-0.4, -0.2) is 85.0 Å². The van der Waals surface area contributed by atoms with Gasteiger partial charge in [-0.15, -0.1) is 0 Å². The fourth-order valence-electron chi connectivity index (χ4n) is 4.41. The van der Waals surface area contributed by atoms with E-state index in [9.17, 15) is 4.79 Å². The van der Waals surface area contributed by atoms with Crippen LogP contribution in [-0.2, 0) is 9.53 Å². The number of amides is 1. The second-order valence-electron chi connectivity index (χ2n) is 9.48. The number of hydrogen-bond acceptors (Lipinski definition) is 9. The molecule has 0 unspecified atom stereocenters. The van der Waals surface area contributed by atoms with Gasteiger partial charge in [0, 0.05) is 42.6 Å². The molecule has 4 aromatic rings. The molecule has 1 saturated heterocycles. The fraction of sp³-hybridized carbons (Fsp3) is 0.286. The Morgan fingerprint density at radius 2 is 2.00 bits per heavy atom. The monoisotopic (exact) mass is 562 g/mol. The van der Waals surface area contributed by atoms with Crippen LogP contribution >= 0.6 is 11.6 Å². The van der Waals surface area contributed by atoms with Crippen molar-refractivity contribution in [2.75, 3.05) is 69.6 Å². The number of H-pyrrole nitrogens is 1. The number of halogens is 1. The maximum absolute atomic E-state index is 12.4. The Labute approximate surface area is 237 Å². The quantitative estimate of drug-likeness (QED) is 0.256. The van der Waals surface area contributed by atoms with Gasteiger partial charge in [-0.3, -0.25) is 9.89 Å². The number of carbonyl (C=O) groups excluding carboxylic acids is 1. The largest absolute Gasteiger partial charge is 0.495 e. The number of aromatic nitrogens is 4. The molecule has 0 atom stereocenters. The van der Waals surface area contributed by atoms with E-state index in [-0.39, 0.29) is 11.1 Å². The minimum Gasteiger partial charge on any atom is -0.495 e. The molecule has 0 radical (unpaired) electrons. The van der Waals surface area contributed by atoms with Gasteiger partial charge in [0.25, 0.3) is 0 Å². The smallest absolute Gasteiger partial charge is 0.248 e. The molecule has 1 fully saturated rings. The first-order valence-corrected chi connectivity index (χ1v) is 13.2. The van der Waals surface area contributed by atoms with Crippen LogP contribution in [0.3, 0.4) is 0 Å². The molecule has 5 rings (SSSR count). The predicted molar refractivity (Wildman–Crippen MR) is 158 cm³/mol. The van der Waals surface area contributed by atoms with Crippen molar-refractivity contribution < 1.29 is 14.3 Å². The van der Waals surface area contributed by atoms with Crippen LogP contribution in [0, 0.1) is 0 Å². The molecule has 0 spiro atoms. The van der Waals surface area contributed by atoms with Gasteiger partial charge in [0.1, 0.15) is 5.75 Å². The fourth-order valence-corrected chi connectivity index (χ4v) is 4.63. The molecular formula is C28H31ClN8O3. The number of benzene rings is 2. The summed E-state index contributed by atoms with van der Waals surface area (Å²) in [5.74, 6) is 0.924. The van der Waals surface area contributed by atoms with E-state index in [1.54, 1.807) is 13.2 Å². The van der Waals surface area contributed by atoms with Crippen molar-refractivity contribution in [3.8, 4) is 17.0 Å². The highest BCUT2D eigenvalue weighted by Gasteiger charge is 2.19. The molecule has 3 heterocycles.